The zero-order valence-electron chi connectivity index (χ0n) is 11.2. The molecule has 0 bridgehead atoms. The molecule has 0 saturated carbocycles. The second-order valence-electron chi connectivity index (χ2n) is 4.97. The van der Waals surface area contributed by atoms with Gasteiger partial charge in [0.25, 0.3) is 6.02 Å². The van der Waals surface area contributed by atoms with Gasteiger partial charge in [-0.3, -0.25) is 0 Å². The molecule has 104 valence electrons. The number of anilines is 1. The van der Waals surface area contributed by atoms with E-state index in [9.17, 15) is 9.60 Å². The van der Waals surface area contributed by atoms with Crippen LogP contribution < -0.4 is 10.8 Å². The molecule has 6 heteroatoms. The fourth-order valence-electron chi connectivity index (χ4n) is 2.17. The van der Waals surface area contributed by atoms with Crippen molar-refractivity contribution < 1.29 is 9.13 Å². The molecular formula is C13H17FN3O2-. The Morgan fingerprint density at radius 2 is 2.26 bits per heavy atom. The smallest absolute Gasteiger partial charge is 0.282 e. The first-order valence-electron chi connectivity index (χ1n) is 6.03. The van der Waals surface area contributed by atoms with E-state index in [4.69, 9.17) is 10.5 Å². The summed E-state index contributed by atoms with van der Waals surface area (Å²) >= 11 is 0. The Balaban J connectivity index is 2.56. The normalized spacial score (nSPS) is 26.6. The number of rotatable bonds is 2. The summed E-state index contributed by atoms with van der Waals surface area (Å²) in [5, 5.41) is 12.0. The van der Waals surface area contributed by atoms with Crippen LogP contribution in [0.4, 0.5) is 10.1 Å². The number of nitrogens with two attached hydrogens (primary N) is 1. The molecule has 5 nitrogen and oxygen atoms in total. The van der Waals surface area contributed by atoms with Crippen LogP contribution in [0.3, 0.4) is 0 Å². The van der Waals surface area contributed by atoms with Crippen molar-refractivity contribution in [1.82, 2.24) is 0 Å². The summed E-state index contributed by atoms with van der Waals surface area (Å²) in [5.41, 5.74) is 5.49. The van der Waals surface area contributed by atoms with Crippen LogP contribution in [0.15, 0.2) is 23.2 Å². The van der Waals surface area contributed by atoms with E-state index in [1.54, 1.807) is 6.92 Å². The van der Waals surface area contributed by atoms with Crippen molar-refractivity contribution in [1.29, 1.82) is 0 Å². The largest absolute Gasteiger partial charge is 0.758 e. The van der Waals surface area contributed by atoms with Crippen LogP contribution in [0.1, 0.15) is 19.4 Å². The number of aliphatic imine (C=N–C) groups is 1. The van der Waals surface area contributed by atoms with Gasteiger partial charge in [-0.2, -0.15) is 0 Å². The van der Waals surface area contributed by atoms with Gasteiger partial charge in [-0.1, -0.05) is 6.92 Å². The zero-order valence-corrected chi connectivity index (χ0v) is 11.2. The molecule has 2 atom stereocenters. The Hall–Kier alpha value is -1.82. The van der Waals surface area contributed by atoms with Crippen LogP contribution in [0, 0.1) is 16.9 Å². The highest BCUT2D eigenvalue weighted by Crippen LogP contribution is 2.39. The first kappa shape index (κ1) is 13.6. The lowest BCUT2D eigenvalue weighted by molar-refractivity contribution is 0.146. The summed E-state index contributed by atoms with van der Waals surface area (Å²) in [6.07, 6.45) is 0. The number of hydrogen-bond acceptors (Lipinski definition) is 5. The van der Waals surface area contributed by atoms with Gasteiger partial charge in [0.2, 0.25) is 0 Å². The highest BCUT2D eigenvalue weighted by molar-refractivity contribution is 5.73. The zero-order chi connectivity index (χ0) is 14.2. The number of hydroxylamine groups is 1. The van der Waals surface area contributed by atoms with E-state index in [1.165, 1.54) is 25.2 Å². The van der Waals surface area contributed by atoms with Crippen LogP contribution in [0.2, 0.25) is 0 Å². The second kappa shape index (κ2) is 4.70. The van der Waals surface area contributed by atoms with Crippen LogP contribution in [0.5, 0.6) is 0 Å². The van der Waals surface area contributed by atoms with Crippen molar-refractivity contribution in [3.63, 3.8) is 0 Å². The number of ether oxygens (including phenoxy) is 1. The molecule has 0 unspecified atom stereocenters. The molecule has 0 aromatic heterocycles. The van der Waals surface area contributed by atoms with Gasteiger partial charge in [0, 0.05) is 17.2 Å². The van der Waals surface area contributed by atoms with Crippen molar-refractivity contribution in [2.24, 2.45) is 16.6 Å². The third-order valence-corrected chi connectivity index (χ3v) is 3.64. The van der Waals surface area contributed by atoms with Gasteiger partial charge < -0.3 is 20.7 Å². The minimum Gasteiger partial charge on any atom is -0.758 e. The van der Waals surface area contributed by atoms with Gasteiger partial charge in [-0.05, 0) is 32.2 Å². The molecule has 0 fully saturated rings. The van der Waals surface area contributed by atoms with Crippen LogP contribution in [0.25, 0.3) is 0 Å². The van der Waals surface area contributed by atoms with E-state index in [0.717, 1.165) is 0 Å². The van der Waals surface area contributed by atoms with Gasteiger partial charge in [0.1, 0.15) is 5.82 Å². The lowest BCUT2D eigenvalue weighted by Crippen LogP contribution is -2.41. The summed E-state index contributed by atoms with van der Waals surface area (Å²) in [6.45, 7) is 4.06. The molecule has 0 radical (unpaired) electrons. The number of halogens is 1. The Morgan fingerprint density at radius 3 is 2.89 bits per heavy atom. The van der Waals surface area contributed by atoms with E-state index < -0.39 is 11.4 Å². The topological polar surface area (TPSA) is 73.9 Å². The fraction of sp³-hybridized carbons (Fsp3) is 0.462. The minimum atomic E-state index is -0.835. The minimum absolute atomic E-state index is 0.0425. The molecule has 1 aromatic rings. The highest BCUT2D eigenvalue weighted by Gasteiger charge is 2.39. The average Bonchev–Trinajstić information content (AvgIpc) is 2.34. The van der Waals surface area contributed by atoms with Gasteiger partial charge in [-0.15, -0.1) is 0 Å². The molecule has 0 saturated heterocycles. The Morgan fingerprint density at radius 1 is 1.58 bits per heavy atom. The summed E-state index contributed by atoms with van der Waals surface area (Å²) in [4.78, 5) is 4.24. The van der Waals surface area contributed by atoms with Gasteiger partial charge in [0.15, 0.2) is 0 Å². The van der Waals surface area contributed by atoms with Crippen LogP contribution in [-0.4, -0.2) is 19.7 Å². The summed E-state index contributed by atoms with van der Waals surface area (Å²) < 4.78 is 19.2. The maximum Gasteiger partial charge on any atom is 0.282 e. The van der Waals surface area contributed by atoms with Crippen molar-refractivity contribution in [3.05, 3.63) is 34.8 Å². The Labute approximate surface area is 111 Å². The van der Waals surface area contributed by atoms with Crippen molar-refractivity contribution in [3.8, 4) is 0 Å². The van der Waals surface area contributed by atoms with E-state index in [0.29, 0.717) is 22.9 Å². The maximum absolute atomic E-state index is 14.1. The van der Waals surface area contributed by atoms with E-state index >= 15 is 0 Å². The van der Waals surface area contributed by atoms with Gasteiger partial charge >= 0.3 is 0 Å². The van der Waals surface area contributed by atoms with Gasteiger partial charge in [0.05, 0.1) is 12.1 Å². The van der Waals surface area contributed by atoms with E-state index in [2.05, 4.69) is 4.99 Å². The SMILES string of the molecule is C[C@@H]1COC(N)=N[C@]1(C)c1cc(N(C)[O-])ccc1F. The highest BCUT2D eigenvalue weighted by atomic mass is 19.1. The van der Waals surface area contributed by atoms with Crippen LogP contribution >= 0.6 is 0 Å². The lowest BCUT2D eigenvalue weighted by atomic mass is 9.80. The van der Waals surface area contributed by atoms with Crippen molar-refractivity contribution >= 4 is 11.7 Å². The quantitative estimate of drug-likeness (QED) is 0.830. The third kappa shape index (κ3) is 2.35. The summed E-state index contributed by atoms with van der Waals surface area (Å²) in [5.74, 6) is -0.458. The molecule has 1 aromatic carbocycles. The first-order chi connectivity index (χ1) is 8.84. The second-order valence-corrected chi connectivity index (χ2v) is 4.97. The molecule has 2 rings (SSSR count). The molecule has 1 heterocycles. The first-order valence-corrected chi connectivity index (χ1v) is 6.03. The fourth-order valence-corrected chi connectivity index (χ4v) is 2.17. The third-order valence-electron chi connectivity index (χ3n) is 3.64. The van der Waals surface area contributed by atoms with Crippen LogP contribution in [-0.2, 0) is 10.3 Å². The van der Waals surface area contributed by atoms with Crippen molar-refractivity contribution in [2.45, 2.75) is 19.4 Å². The summed E-state index contributed by atoms with van der Waals surface area (Å²) in [7, 11) is 1.37. The summed E-state index contributed by atoms with van der Waals surface area (Å²) in [6, 6.07) is 4.27. The molecule has 0 aliphatic carbocycles. The molecule has 0 amide bonds. The van der Waals surface area contributed by atoms with Crippen molar-refractivity contribution in [2.75, 3.05) is 18.7 Å². The molecule has 1 aliphatic rings. The monoisotopic (exact) mass is 266 g/mol. The molecule has 19 heavy (non-hydrogen) atoms. The molecule has 2 N–H and O–H groups in total. The average molecular weight is 266 g/mol. The molecule has 1 aliphatic heterocycles. The number of benzene rings is 1. The number of amidine groups is 1. The Bertz CT molecular complexity index is 519. The number of hydrogen-bond donors (Lipinski definition) is 1. The predicted octanol–water partition coefficient (Wildman–Crippen LogP) is 1.96. The molecule has 0 spiro atoms. The van der Waals surface area contributed by atoms with E-state index in [1.807, 2.05) is 6.92 Å². The predicted molar refractivity (Wildman–Crippen MR) is 72.3 cm³/mol. The number of nitrogens with zero attached hydrogens (tertiary/aromatic N) is 2. The Kier molecular flexibility index (Phi) is 3.36. The maximum atomic E-state index is 14.1. The molecular weight excluding hydrogens is 249 g/mol. The van der Waals surface area contributed by atoms with E-state index in [-0.39, 0.29) is 11.9 Å². The lowest BCUT2D eigenvalue weighted by Gasteiger charge is -2.37. The standard InChI is InChI=1S/C13H17FN3O2/c1-8-7-19-12(15)16-13(8,2)10-6-9(17(3)18)4-5-11(10)14/h4-6,8H,7H2,1-3H3,(H2,15,16)/q-1/t8-,13+/m1/s1. The van der Waals surface area contributed by atoms with Gasteiger partial charge in [-0.25, -0.2) is 9.38 Å².